The topological polar surface area (TPSA) is 514 Å². The molecule has 20 atom stereocenters. The van der Waals surface area contributed by atoms with Gasteiger partial charge < -0.3 is 100 Å². The fraction of sp³-hybridized carbons (Fsp3) is 0.507. The van der Waals surface area contributed by atoms with E-state index in [1.165, 1.54) is 63.9 Å². The van der Waals surface area contributed by atoms with Gasteiger partial charge in [0.15, 0.2) is 30.5 Å². The summed E-state index contributed by atoms with van der Waals surface area (Å²) in [4.78, 5) is 17.4. The molecule has 8 saturated heterocycles. The Hall–Kier alpha value is -8.83. The van der Waals surface area contributed by atoms with Gasteiger partial charge in [-0.3, -0.25) is 20.0 Å². The molecule has 120 heavy (non-hydrogen) atoms. The third kappa shape index (κ3) is 22.5. The lowest BCUT2D eigenvalue weighted by Gasteiger charge is -2.38. The molecule has 4 aromatic carbocycles. The average Bonchev–Trinajstić information content (AvgIpc) is 1.64. The number of ether oxygens (including phenoxy) is 8. The number of aromatic nitrogens is 12. The molecule has 8 aliphatic heterocycles. The number of thioether (sulfide) groups is 4. The van der Waals surface area contributed by atoms with E-state index >= 15 is 0 Å². The van der Waals surface area contributed by atoms with E-state index in [1.807, 2.05) is 71.0 Å². The zero-order valence-corrected chi connectivity index (χ0v) is 70.6. The summed E-state index contributed by atoms with van der Waals surface area (Å²) >= 11 is 11.7. The summed E-state index contributed by atoms with van der Waals surface area (Å²) in [5.41, 5.74) is 2.54. The van der Waals surface area contributed by atoms with Crippen molar-refractivity contribution in [2.75, 3.05) is 32.4 Å². The van der Waals surface area contributed by atoms with Gasteiger partial charge in [0.25, 0.3) is 0 Å². The van der Waals surface area contributed by atoms with Crippen molar-refractivity contribution < 1.29 is 87.2 Å². The maximum atomic E-state index is 11.7. The molecule has 4 aromatic heterocycles. The van der Waals surface area contributed by atoms with Crippen LogP contribution in [0.5, 0.6) is 23.0 Å². The molecule has 8 fully saturated rings. The van der Waals surface area contributed by atoms with Crippen LogP contribution in [0.1, 0.15) is 61.6 Å². The summed E-state index contributed by atoms with van der Waals surface area (Å²) in [6.07, 6.45) is -2.80. The highest BCUT2D eigenvalue weighted by atomic mass is 35.5. The van der Waals surface area contributed by atoms with Gasteiger partial charge >= 0.3 is 0 Å². The van der Waals surface area contributed by atoms with Crippen LogP contribution in [0.15, 0.2) is 147 Å². The largest absolute Gasteiger partial charge is 0.487 e. The molecule has 8 aromatic rings. The van der Waals surface area contributed by atoms with Crippen molar-refractivity contribution in [2.24, 2.45) is 20.0 Å². The van der Waals surface area contributed by atoms with Gasteiger partial charge in [-0.1, -0.05) is 128 Å². The number of hydrogen-bond donors (Lipinski definition) is 12. The SMILES string of the molecule is CCN=C1N[C@@H]2[C@@H](O)[C@H](O)[C@@H](Cn3cc(COc4cccc(S(C)(=O)=O)c4)nn3)O[C@@H]2S1.CCN=C1N[C@@H]2[C@@H](O)[C@H](O)[C@@H](Cn3cc(COc4ccccc4C#N)nn3)O[C@@H]2S1.CCN=C1N[C@@H]2[C@@H](O)[C@H](O)[C@@H](Cn3cc(COc4ccccc4C)nn3)O[C@@H]2S1.CCN=C1N[C@@H]2[C@@H](O)[C@H](O)[C@@H](Cn3cc(COc4ccccc4Cl)nn3)O[C@@H]2S1. The number of halogens is 1. The lowest BCUT2D eigenvalue weighted by Crippen LogP contribution is -2.59. The molecule has 0 saturated carbocycles. The molecule has 12 heterocycles. The molecule has 16 rings (SSSR count). The van der Waals surface area contributed by atoms with Crippen molar-refractivity contribution in [3.8, 4) is 29.1 Å². The Morgan fingerprint density at radius 2 is 0.775 bits per heavy atom. The van der Waals surface area contributed by atoms with Gasteiger partial charge in [-0.15, -0.1) is 20.4 Å². The summed E-state index contributed by atoms with van der Waals surface area (Å²) in [6, 6.07) is 28.6. The standard InChI is InChI=1S/C19H22N6O4S.C19H25N5O6S2.C19H25N5O4S.C18H22ClN5O4S/c1-2-21-19-22-15-17(27)16(26)14(29-18(15)30-19)9-25-8-12(23-24-25)10-28-13-6-4-3-5-11(13)7-20;1-3-20-19-21-15-17(26)16(25)14(30-18(15)31-19)9-24-8-11(22-23-24)10-29-12-5-4-6-13(7-12)32(2,27)28;1-3-20-19-21-15-17(26)16(25)14(28-18(15)29-19)9-24-8-12(22-23-24)10-27-13-7-5-4-6-11(13)2;1-2-20-18-21-14-16(26)15(25)13(28-17(14)29-18)8-24-7-10(22-23-24)9-27-12-6-4-3-5-11(12)19/h3-6,8,14-18,26-27H,2,9-10H2,1H3,(H,21,22);4-8,14-18,25-26H,3,9-10H2,1-2H3,(H,20,21);4-8,14-18,25-26H,3,9-10H2,1-2H3,(H,20,21);3-7,13-17,25-26H,2,8-9H2,1H3,(H,20,21)/t3*14-,15-,16-,17-,18-;13-,14-,15-,16-,17-/m1111/s1. The van der Waals surface area contributed by atoms with Crippen LogP contribution in [0, 0.1) is 18.3 Å². The number of hydrogen-bond acceptors (Lipinski definition) is 35. The van der Waals surface area contributed by atoms with Crippen LogP contribution in [0.2, 0.25) is 5.02 Å². The molecule has 0 amide bonds. The normalized spacial score (nSPS) is 29.6. The minimum absolute atomic E-state index is 0.0885. The molecule has 0 spiro atoms. The van der Waals surface area contributed by atoms with E-state index in [-0.39, 0.29) is 78.7 Å². The monoisotopic (exact) mass is 1770 g/mol. The van der Waals surface area contributed by atoms with E-state index in [0.29, 0.717) is 98.9 Å². The van der Waals surface area contributed by atoms with Gasteiger partial charge in [0.05, 0.1) is 90.6 Å². The number of para-hydroxylation sites is 3. The van der Waals surface area contributed by atoms with Crippen molar-refractivity contribution in [1.82, 2.24) is 81.2 Å². The number of aliphatic hydroxyl groups is 8. The smallest absolute Gasteiger partial charge is 0.175 e. The zero-order chi connectivity index (χ0) is 84.7. The number of nitrogens with zero attached hydrogens (tertiary/aromatic N) is 17. The highest BCUT2D eigenvalue weighted by Crippen LogP contribution is 2.39. The van der Waals surface area contributed by atoms with Crippen LogP contribution in [0.4, 0.5) is 0 Å². The van der Waals surface area contributed by atoms with Crippen molar-refractivity contribution in [3.05, 3.63) is 161 Å². The van der Waals surface area contributed by atoms with Crippen LogP contribution in [0.3, 0.4) is 0 Å². The number of aliphatic hydroxyl groups excluding tert-OH is 8. The molecule has 39 nitrogen and oxygen atoms in total. The summed E-state index contributed by atoms with van der Waals surface area (Å²) < 4.78 is 76.3. The Morgan fingerprint density at radius 1 is 0.450 bits per heavy atom. The molecular formula is C75H94ClN21O18S5. The number of fused-ring (bicyclic) bond motifs is 4. The lowest BCUT2D eigenvalue weighted by atomic mass is 9.98. The average molecular weight is 1770 g/mol. The van der Waals surface area contributed by atoms with Crippen LogP contribution in [-0.2, 0) is 81.4 Å². The molecule has 8 aliphatic rings. The number of amidine groups is 4. The third-order valence-corrected chi connectivity index (χ3v) is 25.4. The second-order valence-electron chi connectivity index (χ2n) is 28.3. The maximum Gasteiger partial charge on any atom is 0.175 e. The Balaban J connectivity index is 0.000000138. The highest BCUT2D eigenvalue weighted by Gasteiger charge is 2.53. The molecule has 0 bridgehead atoms. The van der Waals surface area contributed by atoms with Crippen LogP contribution < -0.4 is 40.2 Å². The second kappa shape index (κ2) is 41.4. The van der Waals surface area contributed by atoms with Gasteiger partial charge in [-0.25, -0.2) is 27.1 Å². The first-order valence-electron chi connectivity index (χ1n) is 38.6. The first-order chi connectivity index (χ1) is 57.9. The molecule has 0 unspecified atom stereocenters. The number of nitriles is 1. The first kappa shape index (κ1) is 88.9. The van der Waals surface area contributed by atoms with Crippen molar-refractivity contribution >= 4 is 89.2 Å². The zero-order valence-electron chi connectivity index (χ0n) is 65.8. The minimum atomic E-state index is -3.33. The van der Waals surface area contributed by atoms with Gasteiger partial charge in [0.2, 0.25) is 0 Å². The van der Waals surface area contributed by atoms with Crippen molar-refractivity contribution in [3.63, 3.8) is 0 Å². The summed E-state index contributed by atoms with van der Waals surface area (Å²) in [5, 5.41) is 142. The molecule has 45 heteroatoms. The highest BCUT2D eigenvalue weighted by molar-refractivity contribution is 8.15. The lowest BCUT2D eigenvalue weighted by molar-refractivity contribution is -0.160. The third-order valence-electron chi connectivity index (χ3n) is 19.6. The first-order valence-corrected chi connectivity index (χ1v) is 44.4. The van der Waals surface area contributed by atoms with E-state index in [2.05, 4.69) is 88.6 Å². The molecule has 12 N–H and O–H groups in total. The Kier molecular flexibility index (Phi) is 30.7. The van der Waals surface area contributed by atoms with Gasteiger partial charge in [0.1, 0.15) is 173 Å². The number of aryl methyl sites for hydroxylation is 1. The Bertz CT molecular complexity index is 4890. The van der Waals surface area contributed by atoms with Crippen molar-refractivity contribution in [2.45, 2.75) is 211 Å². The van der Waals surface area contributed by atoms with Gasteiger partial charge in [-0.05, 0) is 88.7 Å². The number of nitrogens with one attached hydrogen (secondary N) is 4. The van der Waals surface area contributed by atoms with Crippen molar-refractivity contribution in [1.29, 1.82) is 5.26 Å². The van der Waals surface area contributed by atoms with Crippen LogP contribution in [-0.4, -0.2) is 282 Å². The molecule has 0 aliphatic carbocycles. The number of aliphatic imine (C=N–C) groups is 4. The Morgan fingerprint density at radius 3 is 1.12 bits per heavy atom. The van der Waals surface area contributed by atoms with E-state index in [4.69, 9.17) is 54.8 Å². The van der Waals surface area contributed by atoms with Crippen LogP contribution in [0.25, 0.3) is 0 Å². The fourth-order valence-corrected chi connectivity index (χ4v) is 19.1. The Labute approximate surface area is 712 Å². The number of benzene rings is 4. The van der Waals surface area contributed by atoms with Gasteiger partial charge in [0, 0.05) is 32.4 Å². The maximum absolute atomic E-state index is 11.7. The number of sulfone groups is 1. The van der Waals surface area contributed by atoms with E-state index < -0.39 is 101 Å². The van der Waals surface area contributed by atoms with E-state index in [0.717, 1.165) is 22.7 Å². The summed E-state index contributed by atoms with van der Waals surface area (Å²) in [7, 11) is -3.33. The molecule has 0 radical (unpaired) electrons. The quantitative estimate of drug-likeness (QED) is 0.0388. The summed E-state index contributed by atoms with van der Waals surface area (Å²) in [6.45, 7) is 13.9. The van der Waals surface area contributed by atoms with E-state index in [9.17, 15) is 49.3 Å². The molecule has 644 valence electrons. The molecular weight excluding hydrogens is 1680 g/mol. The van der Waals surface area contributed by atoms with Gasteiger partial charge in [-0.2, -0.15) is 5.26 Å². The fourth-order valence-electron chi connectivity index (χ4n) is 13.5. The number of rotatable bonds is 25. The van der Waals surface area contributed by atoms with E-state index in [1.54, 1.807) is 87.4 Å². The second-order valence-corrected chi connectivity index (χ2v) is 35.1. The summed E-state index contributed by atoms with van der Waals surface area (Å²) in [5.74, 6) is 2.25. The van der Waals surface area contributed by atoms with Crippen LogP contribution >= 0.6 is 58.6 Å². The predicted octanol–water partition coefficient (Wildman–Crippen LogP) is 1.78. The minimum Gasteiger partial charge on any atom is -0.487 e. The predicted molar refractivity (Wildman–Crippen MR) is 443 cm³/mol.